The van der Waals surface area contributed by atoms with Crippen LogP contribution in [0.5, 0.6) is 0 Å². The maximum Gasteiger partial charge on any atom is 0.243 e. The molecule has 1 saturated heterocycles. The molecule has 1 aromatic carbocycles. The normalized spacial score (nSPS) is 16.9. The Morgan fingerprint density at radius 1 is 1.11 bits per heavy atom. The zero-order chi connectivity index (χ0) is 20.1. The van der Waals surface area contributed by atoms with Crippen LogP contribution in [0, 0.1) is 0 Å². The minimum absolute atomic E-state index is 0.100. The molecule has 0 radical (unpaired) electrons. The summed E-state index contributed by atoms with van der Waals surface area (Å²) >= 11 is 1.66. The molecule has 2 heterocycles. The van der Waals surface area contributed by atoms with Crippen LogP contribution in [0.1, 0.15) is 43.0 Å². The molecule has 1 amide bonds. The minimum Gasteiger partial charge on any atom is -0.340 e. The Morgan fingerprint density at radius 2 is 1.79 bits per heavy atom. The van der Waals surface area contributed by atoms with E-state index in [-0.39, 0.29) is 5.91 Å². The van der Waals surface area contributed by atoms with Crippen LogP contribution in [-0.2, 0) is 21.2 Å². The quantitative estimate of drug-likeness (QED) is 0.686. The lowest BCUT2D eigenvalue weighted by atomic mass is 9.99. The van der Waals surface area contributed by atoms with E-state index in [4.69, 9.17) is 0 Å². The summed E-state index contributed by atoms with van der Waals surface area (Å²) in [5.41, 5.74) is 1.16. The molecule has 2 aromatic rings. The zero-order valence-electron chi connectivity index (χ0n) is 16.5. The van der Waals surface area contributed by atoms with Crippen molar-refractivity contribution in [3.05, 3.63) is 52.2 Å². The van der Waals surface area contributed by atoms with Crippen molar-refractivity contribution in [1.29, 1.82) is 0 Å². The molecule has 1 aliphatic heterocycles. The summed E-state index contributed by atoms with van der Waals surface area (Å²) in [7, 11) is -3.51. The molecule has 1 aromatic heterocycles. The maximum atomic E-state index is 12.9. The largest absolute Gasteiger partial charge is 0.340 e. The summed E-state index contributed by atoms with van der Waals surface area (Å²) in [5.74, 6) is 0.517. The standard InChI is InChI=1S/C21H28N2O3S2/c1-3-17(2)18-6-9-20(10-7-18)28(25,26)23-14-12-22(13-15-23)21(24)11-8-19-5-4-16-27-19/h4-7,9-10,16-17H,3,8,11-15H2,1-2H3. The van der Waals surface area contributed by atoms with Crippen LogP contribution < -0.4 is 0 Å². The molecule has 152 valence electrons. The molecule has 0 bridgehead atoms. The van der Waals surface area contributed by atoms with Crippen molar-refractivity contribution >= 4 is 27.3 Å². The molecule has 0 aliphatic carbocycles. The lowest BCUT2D eigenvalue weighted by Gasteiger charge is -2.34. The van der Waals surface area contributed by atoms with Crippen molar-refractivity contribution in [3.63, 3.8) is 0 Å². The average Bonchev–Trinajstić information content (AvgIpc) is 3.25. The van der Waals surface area contributed by atoms with Crippen molar-refractivity contribution in [1.82, 2.24) is 9.21 Å². The summed E-state index contributed by atoms with van der Waals surface area (Å²) in [6, 6.07) is 11.3. The van der Waals surface area contributed by atoms with E-state index in [1.807, 2.05) is 29.6 Å². The molecular weight excluding hydrogens is 392 g/mol. The molecule has 0 N–H and O–H groups in total. The van der Waals surface area contributed by atoms with Crippen molar-refractivity contribution in [2.75, 3.05) is 26.2 Å². The minimum atomic E-state index is -3.51. The van der Waals surface area contributed by atoms with E-state index in [9.17, 15) is 13.2 Å². The van der Waals surface area contributed by atoms with Crippen LogP contribution in [0.25, 0.3) is 0 Å². The van der Waals surface area contributed by atoms with Gasteiger partial charge >= 0.3 is 0 Å². The van der Waals surface area contributed by atoms with Crippen LogP contribution in [0.4, 0.5) is 0 Å². The molecular formula is C21H28N2O3S2. The predicted octanol–water partition coefficient (Wildman–Crippen LogP) is 3.73. The Hall–Kier alpha value is -1.70. The summed E-state index contributed by atoms with van der Waals surface area (Å²) in [6.45, 7) is 5.86. The Labute approximate surface area is 172 Å². The number of hydrogen-bond acceptors (Lipinski definition) is 4. The first-order chi connectivity index (χ1) is 13.4. The van der Waals surface area contributed by atoms with Crippen LogP contribution in [0.15, 0.2) is 46.7 Å². The molecule has 0 spiro atoms. The number of carbonyl (C=O) groups excluding carboxylic acids is 1. The van der Waals surface area contributed by atoms with Gasteiger partial charge in [0, 0.05) is 37.5 Å². The zero-order valence-corrected chi connectivity index (χ0v) is 18.1. The fraction of sp³-hybridized carbons (Fsp3) is 0.476. The number of piperazine rings is 1. The molecule has 5 nitrogen and oxygen atoms in total. The van der Waals surface area contributed by atoms with Gasteiger partial charge in [0.25, 0.3) is 0 Å². The van der Waals surface area contributed by atoms with E-state index in [1.165, 1.54) is 9.18 Å². The molecule has 1 atom stereocenters. The van der Waals surface area contributed by atoms with Gasteiger partial charge in [0.15, 0.2) is 0 Å². The van der Waals surface area contributed by atoms with Gasteiger partial charge in [-0.1, -0.05) is 32.0 Å². The summed E-state index contributed by atoms with van der Waals surface area (Å²) in [6.07, 6.45) is 2.25. The molecule has 3 rings (SSSR count). The summed E-state index contributed by atoms with van der Waals surface area (Å²) in [4.78, 5) is 15.7. The van der Waals surface area contributed by atoms with Crippen LogP contribution in [-0.4, -0.2) is 49.7 Å². The summed E-state index contributed by atoms with van der Waals surface area (Å²) in [5, 5.41) is 2.01. The van der Waals surface area contributed by atoms with Gasteiger partial charge in [0.2, 0.25) is 15.9 Å². The number of carbonyl (C=O) groups is 1. The molecule has 28 heavy (non-hydrogen) atoms. The van der Waals surface area contributed by atoms with E-state index in [0.717, 1.165) is 18.4 Å². The third-order valence-electron chi connectivity index (χ3n) is 5.46. The van der Waals surface area contributed by atoms with Crippen LogP contribution >= 0.6 is 11.3 Å². The number of benzene rings is 1. The Bertz CT molecular complexity index is 869. The second-order valence-corrected chi connectivity index (χ2v) is 10.2. The van der Waals surface area contributed by atoms with Gasteiger partial charge in [-0.2, -0.15) is 4.31 Å². The third-order valence-corrected chi connectivity index (χ3v) is 8.31. The first kappa shape index (κ1) is 21.0. The van der Waals surface area contributed by atoms with E-state index in [2.05, 4.69) is 13.8 Å². The maximum absolute atomic E-state index is 12.9. The number of thiophene rings is 1. The van der Waals surface area contributed by atoms with Crippen molar-refractivity contribution in [2.45, 2.75) is 43.9 Å². The molecule has 1 fully saturated rings. The highest BCUT2D eigenvalue weighted by atomic mass is 32.2. The molecule has 7 heteroatoms. The smallest absolute Gasteiger partial charge is 0.243 e. The lowest BCUT2D eigenvalue weighted by Crippen LogP contribution is -2.50. The number of nitrogens with zero attached hydrogens (tertiary/aromatic N) is 2. The van der Waals surface area contributed by atoms with Crippen LogP contribution in [0.3, 0.4) is 0 Å². The van der Waals surface area contributed by atoms with Crippen molar-refractivity contribution in [2.24, 2.45) is 0 Å². The van der Waals surface area contributed by atoms with Gasteiger partial charge in [-0.3, -0.25) is 4.79 Å². The Morgan fingerprint density at radius 3 is 2.36 bits per heavy atom. The van der Waals surface area contributed by atoms with E-state index in [0.29, 0.717) is 43.4 Å². The highest BCUT2D eigenvalue weighted by Gasteiger charge is 2.30. The fourth-order valence-electron chi connectivity index (χ4n) is 3.37. The van der Waals surface area contributed by atoms with Gasteiger partial charge in [-0.25, -0.2) is 8.42 Å². The Balaban J connectivity index is 1.56. The topological polar surface area (TPSA) is 57.7 Å². The second kappa shape index (κ2) is 9.20. The van der Waals surface area contributed by atoms with Gasteiger partial charge in [-0.05, 0) is 47.9 Å². The van der Waals surface area contributed by atoms with Gasteiger partial charge in [0.1, 0.15) is 0 Å². The van der Waals surface area contributed by atoms with Gasteiger partial charge in [-0.15, -0.1) is 11.3 Å². The first-order valence-corrected chi connectivity index (χ1v) is 12.1. The Kier molecular flexibility index (Phi) is 6.91. The number of hydrogen-bond donors (Lipinski definition) is 0. The fourth-order valence-corrected chi connectivity index (χ4v) is 5.51. The molecule has 1 unspecified atom stereocenters. The third kappa shape index (κ3) is 4.82. The van der Waals surface area contributed by atoms with E-state index < -0.39 is 10.0 Å². The van der Waals surface area contributed by atoms with E-state index in [1.54, 1.807) is 28.4 Å². The molecule has 1 aliphatic rings. The van der Waals surface area contributed by atoms with Crippen LogP contribution in [0.2, 0.25) is 0 Å². The summed E-state index contributed by atoms with van der Waals surface area (Å²) < 4.78 is 27.3. The van der Waals surface area contributed by atoms with E-state index >= 15 is 0 Å². The first-order valence-electron chi connectivity index (χ1n) is 9.82. The highest BCUT2D eigenvalue weighted by molar-refractivity contribution is 7.89. The SMILES string of the molecule is CCC(C)c1ccc(S(=O)(=O)N2CCN(C(=O)CCc3cccs3)CC2)cc1. The molecule has 0 saturated carbocycles. The number of sulfonamides is 1. The number of rotatable bonds is 7. The average molecular weight is 421 g/mol. The van der Waals surface area contributed by atoms with Crippen molar-refractivity contribution in [3.8, 4) is 0 Å². The van der Waals surface area contributed by atoms with Gasteiger partial charge in [0.05, 0.1) is 4.90 Å². The lowest BCUT2D eigenvalue weighted by molar-refractivity contribution is -0.132. The highest BCUT2D eigenvalue weighted by Crippen LogP contribution is 2.23. The van der Waals surface area contributed by atoms with Gasteiger partial charge < -0.3 is 4.90 Å². The number of aryl methyl sites for hydroxylation is 1. The second-order valence-electron chi connectivity index (χ2n) is 7.24. The van der Waals surface area contributed by atoms with Crippen molar-refractivity contribution < 1.29 is 13.2 Å². The predicted molar refractivity (Wildman–Crippen MR) is 113 cm³/mol. The monoisotopic (exact) mass is 420 g/mol. The number of amides is 1.